The van der Waals surface area contributed by atoms with Crippen LogP contribution in [0.3, 0.4) is 0 Å². The molecule has 1 aliphatic heterocycles. The molecule has 2 aromatic carbocycles. The second-order valence-corrected chi connectivity index (χ2v) is 6.71. The summed E-state index contributed by atoms with van der Waals surface area (Å²) in [5, 5.41) is 3.18. The first-order valence-electron chi connectivity index (χ1n) is 8.15. The second kappa shape index (κ2) is 6.45. The zero-order valence-corrected chi connectivity index (χ0v) is 13.7. The van der Waals surface area contributed by atoms with Crippen LogP contribution in [0.25, 0.3) is 0 Å². The van der Waals surface area contributed by atoms with Gasteiger partial charge in [0.05, 0.1) is 6.04 Å². The Morgan fingerprint density at radius 3 is 2.61 bits per heavy atom. The summed E-state index contributed by atoms with van der Waals surface area (Å²) in [6, 6.07) is 18.1. The quantitative estimate of drug-likeness (QED) is 0.925. The van der Waals surface area contributed by atoms with Gasteiger partial charge in [0.1, 0.15) is 11.4 Å². The van der Waals surface area contributed by atoms with Gasteiger partial charge in [-0.25, -0.2) is 0 Å². The molecule has 0 saturated heterocycles. The molecule has 1 N–H and O–H groups in total. The topological polar surface area (TPSA) is 38.3 Å². The number of hydrogen-bond donors (Lipinski definition) is 1. The van der Waals surface area contributed by atoms with Crippen LogP contribution in [0.1, 0.15) is 43.9 Å². The zero-order valence-electron chi connectivity index (χ0n) is 13.7. The van der Waals surface area contributed by atoms with E-state index in [1.54, 1.807) is 0 Å². The van der Waals surface area contributed by atoms with Gasteiger partial charge >= 0.3 is 0 Å². The Bertz CT molecular complexity index is 679. The van der Waals surface area contributed by atoms with Gasteiger partial charge in [-0.2, -0.15) is 0 Å². The molecule has 3 heteroatoms. The number of aryl methyl sites for hydroxylation is 1. The lowest BCUT2D eigenvalue weighted by Crippen LogP contribution is -2.41. The lowest BCUT2D eigenvalue weighted by atomic mass is 9.89. The van der Waals surface area contributed by atoms with Gasteiger partial charge in [0.25, 0.3) is 0 Å². The van der Waals surface area contributed by atoms with Crippen molar-refractivity contribution in [3.63, 3.8) is 0 Å². The van der Waals surface area contributed by atoms with Crippen molar-refractivity contribution in [3.8, 4) is 5.75 Å². The van der Waals surface area contributed by atoms with E-state index in [1.165, 1.54) is 5.56 Å². The highest BCUT2D eigenvalue weighted by Gasteiger charge is 2.34. The number of amides is 1. The number of hydrogen-bond acceptors (Lipinski definition) is 2. The van der Waals surface area contributed by atoms with Gasteiger partial charge < -0.3 is 10.1 Å². The fourth-order valence-corrected chi connectivity index (χ4v) is 3.10. The number of benzene rings is 2. The van der Waals surface area contributed by atoms with E-state index < -0.39 is 0 Å². The molecular weight excluding hydrogens is 286 g/mol. The van der Waals surface area contributed by atoms with Crippen LogP contribution >= 0.6 is 0 Å². The number of fused-ring (bicyclic) bond motifs is 1. The minimum atomic E-state index is -0.272. The number of nitrogens with one attached hydrogen (secondary N) is 1. The van der Waals surface area contributed by atoms with E-state index in [9.17, 15) is 4.79 Å². The molecule has 0 radical (unpaired) electrons. The minimum Gasteiger partial charge on any atom is -0.487 e. The van der Waals surface area contributed by atoms with Crippen molar-refractivity contribution in [2.45, 2.75) is 44.8 Å². The highest BCUT2D eigenvalue weighted by atomic mass is 16.5. The lowest BCUT2D eigenvalue weighted by Gasteiger charge is -2.37. The summed E-state index contributed by atoms with van der Waals surface area (Å²) < 4.78 is 6.01. The van der Waals surface area contributed by atoms with Crippen LogP contribution in [0.15, 0.2) is 54.6 Å². The zero-order chi connectivity index (χ0) is 16.3. The Kier molecular flexibility index (Phi) is 4.37. The fourth-order valence-electron chi connectivity index (χ4n) is 3.10. The number of ether oxygens (including phenoxy) is 1. The minimum absolute atomic E-state index is 0.0122. The molecule has 3 nitrogen and oxygen atoms in total. The van der Waals surface area contributed by atoms with Crippen LogP contribution in [-0.4, -0.2) is 11.5 Å². The Morgan fingerprint density at radius 2 is 1.83 bits per heavy atom. The van der Waals surface area contributed by atoms with Gasteiger partial charge in [-0.1, -0.05) is 48.5 Å². The normalized spacial score (nSPS) is 18.6. The smallest absolute Gasteiger partial charge is 0.220 e. The molecule has 1 amide bonds. The summed E-state index contributed by atoms with van der Waals surface area (Å²) in [5.41, 5.74) is 1.99. The second-order valence-electron chi connectivity index (χ2n) is 6.71. The molecule has 0 aliphatic carbocycles. The summed E-state index contributed by atoms with van der Waals surface area (Å²) >= 11 is 0. The average Bonchev–Trinajstić information content (AvgIpc) is 2.53. The first-order chi connectivity index (χ1) is 11.0. The van der Waals surface area contributed by atoms with Crippen molar-refractivity contribution < 1.29 is 9.53 Å². The van der Waals surface area contributed by atoms with Gasteiger partial charge in [-0.05, 0) is 31.9 Å². The van der Waals surface area contributed by atoms with Gasteiger partial charge in [-0.15, -0.1) is 0 Å². The maximum atomic E-state index is 12.4. The van der Waals surface area contributed by atoms with E-state index >= 15 is 0 Å². The highest BCUT2D eigenvalue weighted by Crippen LogP contribution is 2.39. The first-order valence-corrected chi connectivity index (χ1v) is 8.15. The van der Waals surface area contributed by atoms with E-state index in [0.717, 1.165) is 24.2 Å². The van der Waals surface area contributed by atoms with E-state index in [1.807, 2.05) is 42.5 Å². The molecule has 2 aromatic rings. The van der Waals surface area contributed by atoms with Crippen molar-refractivity contribution in [2.24, 2.45) is 0 Å². The molecule has 0 aromatic heterocycles. The monoisotopic (exact) mass is 309 g/mol. The van der Waals surface area contributed by atoms with Crippen LogP contribution in [0.5, 0.6) is 5.75 Å². The maximum absolute atomic E-state index is 12.4. The molecule has 0 fully saturated rings. The van der Waals surface area contributed by atoms with Crippen LogP contribution in [0, 0.1) is 0 Å². The van der Waals surface area contributed by atoms with Crippen LogP contribution in [-0.2, 0) is 11.2 Å². The lowest BCUT2D eigenvalue weighted by molar-refractivity contribution is -0.122. The fraction of sp³-hybridized carbons (Fsp3) is 0.350. The summed E-state index contributed by atoms with van der Waals surface area (Å²) in [6.45, 7) is 4.12. The molecule has 3 rings (SSSR count). The van der Waals surface area contributed by atoms with E-state index in [0.29, 0.717) is 6.42 Å². The molecular formula is C20H23NO2. The van der Waals surface area contributed by atoms with E-state index in [-0.39, 0.29) is 17.6 Å². The molecule has 0 saturated carbocycles. The first kappa shape index (κ1) is 15.6. The molecule has 0 spiro atoms. The van der Waals surface area contributed by atoms with Crippen LogP contribution < -0.4 is 10.1 Å². The Morgan fingerprint density at radius 1 is 1.13 bits per heavy atom. The molecule has 0 bridgehead atoms. The molecule has 1 atom stereocenters. The van der Waals surface area contributed by atoms with Crippen LogP contribution in [0.4, 0.5) is 0 Å². The Labute approximate surface area is 137 Å². The third-order valence-corrected chi connectivity index (χ3v) is 4.20. The molecule has 120 valence electrons. The molecule has 1 aliphatic rings. The third kappa shape index (κ3) is 3.92. The predicted molar refractivity (Wildman–Crippen MR) is 91.4 cm³/mol. The van der Waals surface area contributed by atoms with Crippen molar-refractivity contribution in [3.05, 3.63) is 65.7 Å². The van der Waals surface area contributed by atoms with Crippen molar-refractivity contribution in [1.29, 1.82) is 0 Å². The number of carbonyl (C=O) groups excluding carboxylic acids is 1. The number of para-hydroxylation sites is 1. The Balaban J connectivity index is 1.66. The Hall–Kier alpha value is -2.29. The van der Waals surface area contributed by atoms with Gasteiger partial charge in [-0.3, -0.25) is 4.79 Å². The van der Waals surface area contributed by atoms with Crippen LogP contribution in [0.2, 0.25) is 0 Å². The maximum Gasteiger partial charge on any atom is 0.220 e. The van der Waals surface area contributed by atoms with Crippen molar-refractivity contribution >= 4 is 5.91 Å². The molecule has 0 unspecified atom stereocenters. The predicted octanol–water partition coefficient (Wildman–Crippen LogP) is 4.04. The summed E-state index contributed by atoms with van der Waals surface area (Å²) in [6.07, 6.45) is 2.05. The largest absolute Gasteiger partial charge is 0.487 e. The van der Waals surface area contributed by atoms with Crippen molar-refractivity contribution in [1.82, 2.24) is 5.32 Å². The molecule has 23 heavy (non-hydrogen) atoms. The van der Waals surface area contributed by atoms with E-state index in [2.05, 4.69) is 31.3 Å². The summed E-state index contributed by atoms with van der Waals surface area (Å²) in [5.74, 6) is 0.962. The standard InChI is InChI=1S/C20H23NO2/c1-20(2)14-17(16-10-6-7-11-18(16)23-20)21-19(22)13-12-15-8-4-3-5-9-15/h3-11,17H,12-14H2,1-2H3,(H,21,22)/t17-/m0/s1. The SMILES string of the molecule is CC1(C)C[C@H](NC(=O)CCc2ccccc2)c2ccccc2O1. The molecule has 1 heterocycles. The van der Waals surface area contributed by atoms with Crippen molar-refractivity contribution in [2.75, 3.05) is 0 Å². The van der Waals surface area contributed by atoms with Gasteiger partial charge in [0, 0.05) is 18.4 Å². The number of rotatable bonds is 4. The number of carbonyl (C=O) groups is 1. The highest BCUT2D eigenvalue weighted by molar-refractivity contribution is 5.77. The van der Waals surface area contributed by atoms with E-state index in [4.69, 9.17) is 4.74 Å². The third-order valence-electron chi connectivity index (χ3n) is 4.20. The summed E-state index contributed by atoms with van der Waals surface area (Å²) in [7, 11) is 0. The average molecular weight is 309 g/mol. The van der Waals surface area contributed by atoms with Gasteiger partial charge in [0.2, 0.25) is 5.91 Å². The summed E-state index contributed by atoms with van der Waals surface area (Å²) in [4.78, 5) is 12.4. The van der Waals surface area contributed by atoms with Gasteiger partial charge in [0.15, 0.2) is 0 Å².